The number of sulfonamides is 1. The lowest BCUT2D eigenvalue weighted by Crippen LogP contribution is -2.49. The predicted molar refractivity (Wildman–Crippen MR) is 133 cm³/mol. The van der Waals surface area contributed by atoms with Gasteiger partial charge in [-0.15, -0.1) is 11.3 Å². The smallest absolute Gasteiger partial charge is 0.252 e. The Morgan fingerprint density at radius 1 is 0.812 bits per heavy atom. The number of aromatic nitrogens is 2. The average Bonchev–Trinajstić information content (AvgIpc) is 3.09. The molecule has 4 heterocycles. The third-order valence-corrected chi connectivity index (χ3v) is 10.1. The van der Waals surface area contributed by atoms with E-state index in [1.54, 1.807) is 16.4 Å². The Morgan fingerprint density at radius 3 is 2.22 bits per heavy atom. The van der Waals surface area contributed by atoms with Crippen LogP contribution >= 0.6 is 27.3 Å². The fourth-order valence-electron chi connectivity index (χ4n) is 4.40. The topological polar surface area (TPSA) is 69.6 Å². The highest BCUT2D eigenvalue weighted by atomic mass is 79.9. The molecule has 0 amide bonds. The van der Waals surface area contributed by atoms with Crippen molar-refractivity contribution in [2.45, 2.75) is 29.9 Å². The highest BCUT2D eigenvalue weighted by Gasteiger charge is 2.31. The number of piperazine rings is 1. The number of anilines is 2. The molecule has 2 aliphatic heterocycles. The summed E-state index contributed by atoms with van der Waals surface area (Å²) in [6, 6.07) is 11.6. The van der Waals surface area contributed by atoms with Gasteiger partial charge in [0, 0.05) is 44.7 Å². The number of hydrogen-bond donors (Lipinski definition) is 0. The summed E-state index contributed by atoms with van der Waals surface area (Å²) >= 11 is 4.61. The third-order valence-electron chi connectivity index (χ3n) is 6.14. The lowest BCUT2D eigenvalue weighted by atomic mass is 10.2. The van der Waals surface area contributed by atoms with Crippen molar-refractivity contribution in [1.82, 2.24) is 14.3 Å². The molecule has 2 aromatic heterocycles. The van der Waals surface area contributed by atoms with Gasteiger partial charge in [0.15, 0.2) is 0 Å². The molecule has 3 aromatic rings. The van der Waals surface area contributed by atoms with Crippen molar-refractivity contribution in [3.8, 4) is 0 Å². The standard InChI is InChI=1S/C22H26BrN5O2S2/c23-19-9-10-20(31-19)32(29,30)28-15-13-27(14-16-28)22-24-18-8-4-3-7-17(18)21(25-22)26-11-5-1-2-6-12-26/h3-4,7-10H,1-2,5-6,11-16H2. The summed E-state index contributed by atoms with van der Waals surface area (Å²) in [7, 11) is -3.46. The first-order valence-corrected chi connectivity index (χ1v) is 14.1. The highest BCUT2D eigenvalue weighted by Crippen LogP contribution is 2.31. The van der Waals surface area contributed by atoms with Crippen molar-refractivity contribution < 1.29 is 8.42 Å². The molecule has 2 aliphatic rings. The Morgan fingerprint density at radius 2 is 1.53 bits per heavy atom. The number of fused-ring (bicyclic) bond motifs is 1. The lowest BCUT2D eigenvalue weighted by Gasteiger charge is -2.34. The van der Waals surface area contributed by atoms with Gasteiger partial charge in [0.2, 0.25) is 5.95 Å². The minimum absolute atomic E-state index is 0.378. The van der Waals surface area contributed by atoms with Crippen molar-refractivity contribution in [2.24, 2.45) is 0 Å². The predicted octanol–water partition coefficient (Wildman–Crippen LogP) is 4.35. The van der Waals surface area contributed by atoms with Gasteiger partial charge in [0.1, 0.15) is 10.0 Å². The summed E-state index contributed by atoms with van der Waals surface area (Å²) in [5, 5.41) is 1.09. The first-order chi connectivity index (χ1) is 15.5. The van der Waals surface area contributed by atoms with Crippen molar-refractivity contribution in [1.29, 1.82) is 0 Å². The van der Waals surface area contributed by atoms with E-state index in [0.29, 0.717) is 36.3 Å². The van der Waals surface area contributed by atoms with E-state index in [2.05, 4.69) is 31.8 Å². The zero-order valence-electron chi connectivity index (χ0n) is 17.8. The van der Waals surface area contributed by atoms with Gasteiger partial charge in [-0.2, -0.15) is 9.29 Å². The molecule has 0 atom stereocenters. The molecule has 2 saturated heterocycles. The SMILES string of the molecule is O=S(=O)(c1ccc(Br)s1)N1CCN(c2nc(N3CCCCCC3)c3ccccc3n2)CC1. The van der Waals surface area contributed by atoms with Gasteiger partial charge >= 0.3 is 0 Å². The Balaban J connectivity index is 1.40. The number of para-hydroxylation sites is 1. The van der Waals surface area contributed by atoms with Crippen molar-refractivity contribution >= 4 is 60.0 Å². The number of nitrogens with zero attached hydrogens (tertiary/aromatic N) is 5. The van der Waals surface area contributed by atoms with Crippen LogP contribution in [0.4, 0.5) is 11.8 Å². The molecule has 0 spiro atoms. The van der Waals surface area contributed by atoms with E-state index in [0.717, 1.165) is 33.6 Å². The molecule has 0 radical (unpaired) electrons. The Bertz CT molecular complexity index is 1200. The van der Waals surface area contributed by atoms with Crippen molar-refractivity contribution in [2.75, 3.05) is 49.1 Å². The summed E-state index contributed by atoms with van der Waals surface area (Å²) in [5.74, 6) is 1.70. The van der Waals surface area contributed by atoms with Crippen LogP contribution in [0.1, 0.15) is 25.7 Å². The second-order valence-electron chi connectivity index (χ2n) is 8.22. The van der Waals surface area contributed by atoms with Gasteiger partial charge in [0.05, 0.1) is 9.30 Å². The molecule has 5 rings (SSSR count). The highest BCUT2D eigenvalue weighted by molar-refractivity contribution is 9.11. The quantitative estimate of drug-likeness (QED) is 0.494. The largest absolute Gasteiger partial charge is 0.356 e. The molecule has 0 unspecified atom stereocenters. The Labute approximate surface area is 201 Å². The molecule has 0 bridgehead atoms. The molecule has 7 nitrogen and oxygen atoms in total. The molecule has 170 valence electrons. The molecule has 0 N–H and O–H groups in total. The molecular weight excluding hydrogens is 510 g/mol. The van der Waals surface area contributed by atoms with E-state index < -0.39 is 10.0 Å². The van der Waals surface area contributed by atoms with Crippen LogP contribution < -0.4 is 9.80 Å². The summed E-state index contributed by atoms with van der Waals surface area (Å²) in [6.45, 7) is 4.03. The lowest BCUT2D eigenvalue weighted by molar-refractivity contribution is 0.383. The minimum atomic E-state index is -3.46. The second kappa shape index (κ2) is 9.24. The average molecular weight is 537 g/mol. The van der Waals surface area contributed by atoms with E-state index in [1.165, 1.54) is 37.0 Å². The zero-order valence-corrected chi connectivity index (χ0v) is 21.0. The van der Waals surface area contributed by atoms with E-state index >= 15 is 0 Å². The van der Waals surface area contributed by atoms with Gasteiger partial charge in [-0.05, 0) is 53.0 Å². The monoisotopic (exact) mass is 535 g/mol. The molecule has 0 saturated carbocycles. The minimum Gasteiger partial charge on any atom is -0.356 e. The number of hydrogen-bond acceptors (Lipinski definition) is 7. The summed E-state index contributed by atoms with van der Waals surface area (Å²) in [4.78, 5) is 14.4. The second-order valence-corrected chi connectivity index (χ2v) is 12.8. The maximum Gasteiger partial charge on any atom is 0.252 e. The maximum absolute atomic E-state index is 13.0. The molecule has 32 heavy (non-hydrogen) atoms. The van der Waals surface area contributed by atoms with Gasteiger partial charge in [-0.3, -0.25) is 0 Å². The van der Waals surface area contributed by atoms with Gasteiger partial charge in [0.25, 0.3) is 10.0 Å². The van der Waals surface area contributed by atoms with E-state index in [-0.39, 0.29) is 0 Å². The first-order valence-electron chi connectivity index (χ1n) is 11.0. The van der Waals surface area contributed by atoms with Crippen LogP contribution in [-0.2, 0) is 10.0 Å². The van der Waals surface area contributed by atoms with E-state index in [9.17, 15) is 8.42 Å². The molecule has 2 fully saturated rings. The van der Waals surface area contributed by atoms with Crippen molar-refractivity contribution in [3.05, 3.63) is 40.2 Å². The molecule has 10 heteroatoms. The number of thiophene rings is 1. The van der Waals surface area contributed by atoms with Crippen LogP contribution in [0, 0.1) is 0 Å². The van der Waals surface area contributed by atoms with Crippen LogP contribution in [0.5, 0.6) is 0 Å². The maximum atomic E-state index is 13.0. The zero-order chi connectivity index (χ0) is 22.1. The Hall–Kier alpha value is -1.75. The normalized spacial score (nSPS) is 18.8. The van der Waals surface area contributed by atoms with Crippen LogP contribution in [0.3, 0.4) is 0 Å². The van der Waals surface area contributed by atoms with E-state index in [4.69, 9.17) is 9.97 Å². The number of rotatable bonds is 4. The van der Waals surface area contributed by atoms with Crippen LogP contribution in [0.25, 0.3) is 10.9 Å². The first kappa shape index (κ1) is 22.1. The van der Waals surface area contributed by atoms with Crippen molar-refractivity contribution in [3.63, 3.8) is 0 Å². The van der Waals surface area contributed by atoms with Gasteiger partial charge in [-0.25, -0.2) is 13.4 Å². The van der Waals surface area contributed by atoms with Gasteiger partial charge < -0.3 is 9.80 Å². The fourth-order valence-corrected chi connectivity index (χ4v) is 7.99. The molecule has 1 aromatic carbocycles. The molecule has 0 aliphatic carbocycles. The van der Waals surface area contributed by atoms with Crippen LogP contribution in [-0.4, -0.2) is 62.0 Å². The van der Waals surface area contributed by atoms with Crippen LogP contribution in [0.2, 0.25) is 0 Å². The Kier molecular flexibility index (Phi) is 6.37. The fraction of sp³-hybridized carbons (Fsp3) is 0.455. The number of benzene rings is 1. The number of halogens is 1. The summed E-state index contributed by atoms with van der Waals surface area (Å²) in [5.41, 5.74) is 0.940. The summed E-state index contributed by atoms with van der Waals surface area (Å²) in [6.07, 6.45) is 4.90. The summed E-state index contributed by atoms with van der Waals surface area (Å²) < 4.78 is 28.7. The third kappa shape index (κ3) is 4.37. The molecular formula is C22H26BrN5O2S2. The van der Waals surface area contributed by atoms with E-state index in [1.807, 2.05) is 18.2 Å². The van der Waals surface area contributed by atoms with Gasteiger partial charge in [-0.1, -0.05) is 25.0 Å². The van der Waals surface area contributed by atoms with Crippen LogP contribution in [0.15, 0.2) is 44.4 Å².